The smallest absolute Gasteiger partial charge is 0.255 e. The van der Waals surface area contributed by atoms with Gasteiger partial charge in [-0.15, -0.1) is 12.4 Å². The van der Waals surface area contributed by atoms with Gasteiger partial charge in [0.05, 0.1) is 23.1 Å². The Balaban J connectivity index is 0.00000264. The molecule has 2 aromatic rings. The average Bonchev–Trinajstić information content (AvgIpc) is 2.93. The normalized spacial score (nSPS) is 11.9. The predicted octanol–water partition coefficient (Wildman–Crippen LogP) is 3.15. The summed E-state index contributed by atoms with van der Waals surface area (Å²) in [6, 6.07) is 7.29. The molecule has 0 aliphatic heterocycles. The topological polar surface area (TPSA) is 72.9 Å². The average molecular weight is 357 g/mol. The minimum atomic E-state index is -0.151. The van der Waals surface area contributed by atoms with Gasteiger partial charge < -0.3 is 11.1 Å². The summed E-state index contributed by atoms with van der Waals surface area (Å²) in [5, 5.41) is 7.91. The Labute approximate surface area is 147 Å². The number of amides is 1. The zero-order valence-corrected chi connectivity index (χ0v) is 15.0. The van der Waals surface area contributed by atoms with Crippen LogP contribution in [0.4, 0.5) is 0 Å². The van der Waals surface area contributed by atoms with Crippen LogP contribution in [0.25, 0.3) is 5.69 Å². The molecular formula is C16H22Cl2N4O. The highest BCUT2D eigenvalue weighted by Crippen LogP contribution is 2.24. The fourth-order valence-electron chi connectivity index (χ4n) is 2.24. The minimum Gasteiger partial charge on any atom is -0.348 e. The number of halogens is 2. The molecule has 5 nitrogen and oxygen atoms in total. The lowest BCUT2D eigenvalue weighted by Crippen LogP contribution is -2.38. The molecule has 0 spiro atoms. The molecule has 126 valence electrons. The second-order valence-electron chi connectivity index (χ2n) is 5.60. The molecule has 0 radical (unpaired) electrons. The highest BCUT2D eigenvalue weighted by atomic mass is 35.5. The Morgan fingerprint density at radius 2 is 1.91 bits per heavy atom. The van der Waals surface area contributed by atoms with Crippen molar-refractivity contribution in [2.24, 2.45) is 5.73 Å². The van der Waals surface area contributed by atoms with Crippen molar-refractivity contribution in [3.63, 3.8) is 0 Å². The summed E-state index contributed by atoms with van der Waals surface area (Å²) in [5.74, 6) is -0.00558. The molecule has 3 N–H and O–H groups in total. The molecule has 1 aromatic heterocycles. The molecule has 0 fully saturated rings. The number of benzene rings is 1. The summed E-state index contributed by atoms with van der Waals surface area (Å²) in [4.78, 5) is 12.4. The number of nitrogens with two attached hydrogens (primary N) is 1. The van der Waals surface area contributed by atoms with Crippen molar-refractivity contribution in [2.45, 2.75) is 32.7 Å². The molecule has 1 atom stereocenters. The van der Waals surface area contributed by atoms with Crippen molar-refractivity contribution in [3.8, 4) is 5.69 Å². The summed E-state index contributed by atoms with van der Waals surface area (Å²) in [5.41, 5.74) is 7.87. The first-order valence-electron chi connectivity index (χ1n) is 7.28. The Bertz CT molecular complexity index is 653. The van der Waals surface area contributed by atoms with E-state index >= 15 is 0 Å². The molecule has 2 rings (SSSR count). The van der Waals surface area contributed by atoms with Gasteiger partial charge in [0.25, 0.3) is 5.91 Å². The van der Waals surface area contributed by atoms with Gasteiger partial charge in [-0.2, -0.15) is 5.10 Å². The van der Waals surface area contributed by atoms with E-state index in [1.807, 2.05) is 32.9 Å². The van der Waals surface area contributed by atoms with Crippen molar-refractivity contribution >= 4 is 29.9 Å². The molecule has 0 unspecified atom stereocenters. The summed E-state index contributed by atoms with van der Waals surface area (Å²) in [6.07, 6.45) is 1.60. The Hall–Kier alpha value is -1.56. The van der Waals surface area contributed by atoms with E-state index in [2.05, 4.69) is 10.4 Å². The van der Waals surface area contributed by atoms with E-state index < -0.39 is 0 Å². The van der Waals surface area contributed by atoms with E-state index in [1.54, 1.807) is 23.0 Å². The Kier molecular flexibility index (Phi) is 7.06. The van der Waals surface area contributed by atoms with Gasteiger partial charge in [0.2, 0.25) is 0 Å². The van der Waals surface area contributed by atoms with E-state index in [0.29, 0.717) is 17.1 Å². The molecule has 0 aliphatic rings. The maximum atomic E-state index is 12.4. The first kappa shape index (κ1) is 19.5. The van der Waals surface area contributed by atoms with E-state index in [0.717, 1.165) is 11.4 Å². The SMILES string of the molecule is CC(C)c1c(C(=O)N[C@@H](C)CN)cnn1-c1ccc(Cl)cc1.Cl. The van der Waals surface area contributed by atoms with Crippen molar-refractivity contribution in [3.05, 3.63) is 46.7 Å². The van der Waals surface area contributed by atoms with E-state index in [9.17, 15) is 4.79 Å². The summed E-state index contributed by atoms with van der Waals surface area (Å²) in [6.45, 7) is 6.34. The van der Waals surface area contributed by atoms with Gasteiger partial charge in [0.1, 0.15) is 0 Å². The zero-order valence-electron chi connectivity index (χ0n) is 13.4. The highest BCUT2D eigenvalue weighted by molar-refractivity contribution is 6.30. The molecular weight excluding hydrogens is 335 g/mol. The van der Waals surface area contributed by atoms with Gasteiger partial charge in [-0.1, -0.05) is 25.4 Å². The number of carbonyl (C=O) groups is 1. The molecule has 23 heavy (non-hydrogen) atoms. The van der Waals surface area contributed by atoms with E-state index in [4.69, 9.17) is 17.3 Å². The number of nitrogens with one attached hydrogen (secondary N) is 1. The number of nitrogens with zero attached hydrogens (tertiary/aromatic N) is 2. The molecule has 0 saturated carbocycles. The third kappa shape index (κ3) is 4.47. The lowest BCUT2D eigenvalue weighted by molar-refractivity contribution is 0.0940. The van der Waals surface area contributed by atoms with Crippen molar-refractivity contribution in [1.82, 2.24) is 15.1 Å². The van der Waals surface area contributed by atoms with Crippen LogP contribution in [0, 0.1) is 0 Å². The molecule has 1 aromatic carbocycles. The third-order valence-electron chi connectivity index (χ3n) is 3.40. The Morgan fingerprint density at radius 3 is 2.43 bits per heavy atom. The van der Waals surface area contributed by atoms with Gasteiger partial charge >= 0.3 is 0 Å². The quantitative estimate of drug-likeness (QED) is 0.863. The van der Waals surface area contributed by atoms with Crippen LogP contribution in [-0.2, 0) is 0 Å². The lowest BCUT2D eigenvalue weighted by atomic mass is 10.0. The zero-order chi connectivity index (χ0) is 16.3. The largest absolute Gasteiger partial charge is 0.348 e. The number of aromatic nitrogens is 2. The number of hydrogen-bond acceptors (Lipinski definition) is 3. The molecule has 7 heteroatoms. The number of rotatable bonds is 5. The van der Waals surface area contributed by atoms with Crippen LogP contribution >= 0.6 is 24.0 Å². The van der Waals surface area contributed by atoms with E-state index in [-0.39, 0.29) is 30.3 Å². The van der Waals surface area contributed by atoms with Crippen molar-refractivity contribution < 1.29 is 4.79 Å². The fourth-order valence-corrected chi connectivity index (χ4v) is 2.36. The van der Waals surface area contributed by atoms with Crippen LogP contribution in [-0.4, -0.2) is 28.3 Å². The number of carbonyl (C=O) groups excluding carboxylic acids is 1. The highest BCUT2D eigenvalue weighted by Gasteiger charge is 2.21. The maximum absolute atomic E-state index is 12.4. The van der Waals surface area contributed by atoms with Crippen LogP contribution in [0.5, 0.6) is 0 Å². The van der Waals surface area contributed by atoms with Crippen LogP contribution in [0.3, 0.4) is 0 Å². The minimum absolute atomic E-state index is 0. The van der Waals surface area contributed by atoms with Crippen molar-refractivity contribution in [1.29, 1.82) is 0 Å². The molecule has 0 aliphatic carbocycles. The summed E-state index contributed by atoms with van der Waals surface area (Å²) < 4.78 is 1.78. The Morgan fingerprint density at radius 1 is 1.30 bits per heavy atom. The molecule has 1 amide bonds. The fraction of sp³-hybridized carbons (Fsp3) is 0.375. The number of hydrogen-bond donors (Lipinski definition) is 2. The summed E-state index contributed by atoms with van der Waals surface area (Å²) in [7, 11) is 0. The van der Waals surface area contributed by atoms with Gasteiger partial charge in [0, 0.05) is 17.6 Å². The van der Waals surface area contributed by atoms with Gasteiger partial charge in [-0.05, 0) is 37.1 Å². The molecule has 0 saturated heterocycles. The first-order valence-corrected chi connectivity index (χ1v) is 7.66. The maximum Gasteiger partial charge on any atom is 0.255 e. The predicted molar refractivity (Wildman–Crippen MR) is 95.9 cm³/mol. The molecule has 1 heterocycles. The molecule has 0 bridgehead atoms. The van der Waals surface area contributed by atoms with Crippen LogP contribution in [0.2, 0.25) is 5.02 Å². The summed E-state index contributed by atoms with van der Waals surface area (Å²) >= 11 is 5.92. The van der Waals surface area contributed by atoms with Gasteiger partial charge in [-0.25, -0.2) is 4.68 Å². The van der Waals surface area contributed by atoms with E-state index in [1.165, 1.54) is 0 Å². The second-order valence-corrected chi connectivity index (χ2v) is 6.03. The van der Waals surface area contributed by atoms with Crippen LogP contribution in [0.1, 0.15) is 42.7 Å². The van der Waals surface area contributed by atoms with Crippen LogP contribution < -0.4 is 11.1 Å². The monoisotopic (exact) mass is 356 g/mol. The first-order chi connectivity index (χ1) is 10.4. The van der Waals surface area contributed by atoms with Crippen LogP contribution in [0.15, 0.2) is 30.5 Å². The van der Waals surface area contributed by atoms with Crippen molar-refractivity contribution in [2.75, 3.05) is 6.54 Å². The van der Waals surface area contributed by atoms with Gasteiger partial charge in [0.15, 0.2) is 0 Å². The lowest BCUT2D eigenvalue weighted by Gasteiger charge is -2.15. The third-order valence-corrected chi connectivity index (χ3v) is 3.65. The standard InChI is InChI=1S/C16H21ClN4O.ClH/c1-10(2)15-14(16(22)20-11(3)8-18)9-19-21(15)13-6-4-12(17)5-7-13;/h4-7,9-11H,8,18H2,1-3H3,(H,20,22);1H/t11-;/m0./s1. The second kappa shape index (κ2) is 8.34. The van der Waals surface area contributed by atoms with Gasteiger partial charge in [-0.3, -0.25) is 4.79 Å².